The maximum Gasteiger partial charge on any atom is 0.283 e. The second kappa shape index (κ2) is 5.92. The van der Waals surface area contributed by atoms with Crippen LogP contribution >= 0.6 is 11.3 Å². The molecule has 5 nitrogen and oxygen atoms in total. The van der Waals surface area contributed by atoms with Crippen LogP contribution in [0.25, 0.3) is 21.3 Å². The second-order valence-corrected chi connectivity index (χ2v) is 6.17. The largest absolute Gasteiger partial charge is 0.367 e. The van der Waals surface area contributed by atoms with E-state index in [0.29, 0.717) is 16.0 Å². The number of fused-ring (bicyclic) bond motifs is 1. The number of thiophene rings is 1. The summed E-state index contributed by atoms with van der Waals surface area (Å²) in [6, 6.07) is 6.07. The van der Waals surface area contributed by atoms with Crippen molar-refractivity contribution in [3.05, 3.63) is 51.6 Å². The second-order valence-electron chi connectivity index (χ2n) is 5.31. The summed E-state index contributed by atoms with van der Waals surface area (Å²) in [4.78, 5) is 19.7. The molecule has 0 aliphatic carbocycles. The molecule has 0 aliphatic heterocycles. The zero-order valence-corrected chi connectivity index (χ0v) is 13.8. The highest BCUT2D eigenvalue weighted by Gasteiger charge is 2.15. The van der Waals surface area contributed by atoms with E-state index in [1.165, 1.54) is 28.1 Å². The molecule has 3 rings (SSSR count). The van der Waals surface area contributed by atoms with Gasteiger partial charge in [-0.05, 0) is 24.6 Å². The number of nitrogens with zero attached hydrogens (tertiary/aromatic N) is 4. The summed E-state index contributed by atoms with van der Waals surface area (Å²) in [5, 5.41) is 6.54. The first kappa shape index (κ1) is 15.4. The fourth-order valence-corrected chi connectivity index (χ4v) is 3.20. The van der Waals surface area contributed by atoms with Gasteiger partial charge in [-0.2, -0.15) is 9.78 Å². The SMILES string of the molecule is Cc1nc2scc(-c3ccc(F)cc3)c2c(=O)n1N=CN(C)C. The molecule has 0 spiro atoms. The Morgan fingerprint density at radius 3 is 2.65 bits per heavy atom. The quantitative estimate of drug-likeness (QED) is 0.548. The van der Waals surface area contributed by atoms with Crippen LogP contribution in [0, 0.1) is 12.7 Å². The van der Waals surface area contributed by atoms with Gasteiger partial charge in [0.1, 0.15) is 22.8 Å². The minimum atomic E-state index is -0.310. The van der Waals surface area contributed by atoms with Gasteiger partial charge in [-0.1, -0.05) is 12.1 Å². The van der Waals surface area contributed by atoms with Crippen molar-refractivity contribution in [2.24, 2.45) is 5.10 Å². The fraction of sp³-hybridized carbons (Fsp3) is 0.188. The molecule has 0 atom stereocenters. The van der Waals surface area contributed by atoms with Gasteiger partial charge >= 0.3 is 0 Å². The molecule has 2 aromatic heterocycles. The van der Waals surface area contributed by atoms with Crippen molar-refractivity contribution in [1.29, 1.82) is 0 Å². The van der Waals surface area contributed by atoms with Crippen molar-refractivity contribution in [2.75, 3.05) is 14.1 Å². The Labute approximate surface area is 136 Å². The van der Waals surface area contributed by atoms with Crippen LogP contribution in [0.5, 0.6) is 0 Å². The number of rotatable bonds is 3. The zero-order chi connectivity index (χ0) is 16.6. The van der Waals surface area contributed by atoms with Gasteiger partial charge in [-0.25, -0.2) is 9.37 Å². The Morgan fingerprint density at radius 2 is 2.00 bits per heavy atom. The maximum atomic E-state index is 13.1. The van der Waals surface area contributed by atoms with Gasteiger partial charge in [0.05, 0.1) is 5.39 Å². The predicted molar refractivity (Wildman–Crippen MR) is 91.6 cm³/mol. The van der Waals surface area contributed by atoms with Crippen LogP contribution < -0.4 is 5.56 Å². The lowest BCUT2D eigenvalue weighted by Crippen LogP contribution is -2.22. The van der Waals surface area contributed by atoms with Crippen molar-refractivity contribution in [2.45, 2.75) is 6.92 Å². The third-order valence-electron chi connectivity index (χ3n) is 3.30. The summed E-state index contributed by atoms with van der Waals surface area (Å²) in [6.45, 7) is 1.74. The third kappa shape index (κ3) is 2.87. The molecule has 0 saturated carbocycles. The Hall–Kier alpha value is -2.54. The van der Waals surface area contributed by atoms with E-state index in [4.69, 9.17) is 0 Å². The first-order valence-corrected chi connectivity index (χ1v) is 7.83. The molecule has 0 bridgehead atoms. The molecule has 0 aliphatic rings. The molecule has 0 amide bonds. The monoisotopic (exact) mass is 330 g/mol. The number of halogens is 1. The Kier molecular flexibility index (Phi) is 3.96. The minimum Gasteiger partial charge on any atom is -0.367 e. The molecule has 7 heteroatoms. The highest BCUT2D eigenvalue weighted by Crippen LogP contribution is 2.31. The minimum absolute atomic E-state index is 0.230. The normalized spacial score (nSPS) is 11.5. The molecule has 23 heavy (non-hydrogen) atoms. The van der Waals surface area contributed by atoms with Gasteiger partial charge in [0, 0.05) is 25.0 Å². The van der Waals surface area contributed by atoms with Crippen molar-refractivity contribution >= 4 is 27.9 Å². The molecule has 1 aromatic carbocycles. The standard InChI is InChI=1S/C16H15FN4OS/c1-10-19-15-14(16(22)21(10)18-9-20(2)3)13(8-23-15)11-4-6-12(17)7-5-11/h4-9H,1-3H3. The van der Waals surface area contributed by atoms with Crippen molar-refractivity contribution < 1.29 is 4.39 Å². The van der Waals surface area contributed by atoms with E-state index in [-0.39, 0.29) is 11.4 Å². The average Bonchev–Trinajstić information content (AvgIpc) is 2.91. The van der Waals surface area contributed by atoms with Gasteiger partial charge in [0.15, 0.2) is 0 Å². The Morgan fingerprint density at radius 1 is 1.30 bits per heavy atom. The molecule has 0 unspecified atom stereocenters. The van der Waals surface area contributed by atoms with Gasteiger partial charge in [-0.3, -0.25) is 4.79 Å². The first-order valence-electron chi connectivity index (χ1n) is 6.95. The van der Waals surface area contributed by atoms with E-state index >= 15 is 0 Å². The van der Waals surface area contributed by atoms with Gasteiger partial charge < -0.3 is 4.90 Å². The molecule has 3 aromatic rings. The van der Waals surface area contributed by atoms with Crippen LogP contribution in [-0.2, 0) is 0 Å². The summed E-state index contributed by atoms with van der Waals surface area (Å²) < 4.78 is 14.4. The van der Waals surface area contributed by atoms with Crippen LogP contribution in [0.3, 0.4) is 0 Å². The lowest BCUT2D eigenvalue weighted by molar-refractivity contribution is 0.626. The van der Waals surface area contributed by atoms with Crippen molar-refractivity contribution in [1.82, 2.24) is 14.6 Å². The van der Waals surface area contributed by atoms with E-state index in [1.54, 1.807) is 30.3 Å². The Balaban J connectivity index is 2.24. The summed E-state index contributed by atoms with van der Waals surface area (Å²) in [5.41, 5.74) is 1.30. The lowest BCUT2D eigenvalue weighted by atomic mass is 10.1. The number of aryl methyl sites for hydroxylation is 1. The summed E-state index contributed by atoms with van der Waals surface area (Å²) in [7, 11) is 3.65. The average molecular weight is 330 g/mol. The molecule has 2 heterocycles. The van der Waals surface area contributed by atoms with Gasteiger partial charge in [0.25, 0.3) is 5.56 Å². The summed E-state index contributed by atoms with van der Waals surface area (Å²) in [5.74, 6) is 0.211. The van der Waals surface area contributed by atoms with E-state index in [0.717, 1.165) is 11.1 Å². The molecule has 0 N–H and O–H groups in total. The van der Waals surface area contributed by atoms with Crippen molar-refractivity contribution in [3.8, 4) is 11.1 Å². The van der Waals surface area contributed by atoms with Crippen LogP contribution in [0.4, 0.5) is 4.39 Å². The number of benzene rings is 1. The third-order valence-corrected chi connectivity index (χ3v) is 4.17. The number of hydrogen-bond donors (Lipinski definition) is 0. The highest BCUT2D eigenvalue weighted by molar-refractivity contribution is 7.17. The molecule has 0 saturated heterocycles. The molecule has 0 radical (unpaired) electrons. The number of hydrogen-bond acceptors (Lipinski definition) is 4. The van der Waals surface area contributed by atoms with E-state index in [9.17, 15) is 9.18 Å². The van der Waals surface area contributed by atoms with Crippen molar-refractivity contribution in [3.63, 3.8) is 0 Å². The summed E-state index contributed by atoms with van der Waals surface area (Å²) in [6.07, 6.45) is 1.55. The lowest BCUT2D eigenvalue weighted by Gasteiger charge is -2.07. The molecular formula is C16H15FN4OS. The highest BCUT2D eigenvalue weighted by atomic mass is 32.1. The number of aromatic nitrogens is 2. The van der Waals surface area contributed by atoms with Gasteiger partial charge in [-0.15, -0.1) is 11.3 Å². The van der Waals surface area contributed by atoms with E-state index in [2.05, 4.69) is 10.1 Å². The van der Waals surface area contributed by atoms with Crippen LogP contribution in [-0.4, -0.2) is 35.0 Å². The van der Waals surface area contributed by atoms with Gasteiger partial charge in [0.2, 0.25) is 0 Å². The molecule has 118 valence electrons. The predicted octanol–water partition coefficient (Wildman–Crippen LogP) is 2.93. The van der Waals surface area contributed by atoms with E-state index in [1.807, 2.05) is 19.5 Å². The van der Waals surface area contributed by atoms with Crippen LogP contribution in [0.1, 0.15) is 5.82 Å². The van der Waals surface area contributed by atoms with Crippen LogP contribution in [0.2, 0.25) is 0 Å². The molecule has 0 fully saturated rings. The smallest absolute Gasteiger partial charge is 0.283 e. The first-order chi connectivity index (χ1) is 11.0. The molecular weight excluding hydrogens is 315 g/mol. The summed E-state index contributed by atoms with van der Waals surface area (Å²) >= 11 is 1.39. The zero-order valence-electron chi connectivity index (χ0n) is 12.9. The Bertz CT molecular complexity index is 941. The van der Waals surface area contributed by atoms with E-state index < -0.39 is 0 Å². The topological polar surface area (TPSA) is 50.5 Å². The van der Waals surface area contributed by atoms with Crippen LogP contribution in [0.15, 0.2) is 39.5 Å². The maximum absolute atomic E-state index is 13.1. The fourth-order valence-electron chi connectivity index (χ4n) is 2.22.